The Morgan fingerprint density at radius 2 is 1.81 bits per heavy atom. The maximum atomic E-state index is 13.6. The first-order chi connectivity index (χ1) is 15.3. The average Bonchev–Trinajstić information content (AvgIpc) is 3.23. The summed E-state index contributed by atoms with van der Waals surface area (Å²) >= 11 is 7.05. The van der Waals surface area contributed by atoms with E-state index < -0.39 is 53.8 Å². The van der Waals surface area contributed by atoms with Crippen molar-refractivity contribution in [3.05, 3.63) is 65.6 Å². The molecule has 1 aromatic carbocycles. The van der Waals surface area contributed by atoms with E-state index in [9.17, 15) is 28.5 Å². The van der Waals surface area contributed by atoms with E-state index in [2.05, 4.69) is 9.97 Å². The van der Waals surface area contributed by atoms with Gasteiger partial charge in [0, 0.05) is 29.0 Å². The smallest absolute Gasteiger partial charge is 0.194 e. The molecule has 7 nitrogen and oxygen atoms in total. The Bertz CT molecular complexity index is 1100. The molecule has 0 saturated carbocycles. The highest BCUT2D eigenvalue weighted by Gasteiger charge is 2.45. The Balaban J connectivity index is 1.64. The van der Waals surface area contributed by atoms with Crippen LogP contribution in [0.4, 0.5) is 13.2 Å². The molecule has 170 valence electrons. The largest absolute Gasteiger partial charge is 0.394 e. The molecule has 0 aliphatic carbocycles. The number of aliphatic hydroxyl groups is 3. The van der Waals surface area contributed by atoms with Gasteiger partial charge in [-0.2, -0.15) is 0 Å². The van der Waals surface area contributed by atoms with Crippen molar-refractivity contribution in [3.8, 4) is 11.3 Å². The van der Waals surface area contributed by atoms with E-state index in [-0.39, 0.29) is 11.3 Å². The lowest BCUT2D eigenvalue weighted by Gasteiger charge is -2.42. The van der Waals surface area contributed by atoms with Crippen LogP contribution in [-0.2, 0) is 4.74 Å². The van der Waals surface area contributed by atoms with E-state index in [0.717, 1.165) is 23.9 Å². The van der Waals surface area contributed by atoms with Crippen molar-refractivity contribution >= 4 is 23.4 Å². The normalized spacial score (nSPS) is 25.8. The van der Waals surface area contributed by atoms with Crippen LogP contribution in [0.5, 0.6) is 0 Å². The first-order valence-electron chi connectivity index (χ1n) is 9.36. The molecule has 5 atom stereocenters. The van der Waals surface area contributed by atoms with Crippen molar-refractivity contribution in [2.75, 3.05) is 6.61 Å². The molecule has 0 radical (unpaired) electrons. The number of imidazole rings is 1. The summed E-state index contributed by atoms with van der Waals surface area (Å²) in [6, 6.07) is 2.20. The van der Waals surface area contributed by atoms with E-state index >= 15 is 0 Å². The number of rotatable bonds is 5. The van der Waals surface area contributed by atoms with Crippen LogP contribution in [0.3, 0.4) is 0 Å². The Labute approximate surface area is 189 Å². The third-order valence-corrected chi connectivity index (χ3v) is 6.33. The van der Waals surface area contributed by atoms with E-state index in [1.165, 1.54) is 29.5 Å². The minimum atomic E-state index is -1.59. The van der Waals surface area contributed by atoms with Crippen molar-refractivity contribution in [1.29, 1.82) is 0 Å². The number of ether oxygens (including phenoxy) is 1. The minimum Gasteiger partial charge on any atom is -0.394 e. The molecule has 0 bridgehead atoms. The van der Waals surface area contributed by atoms with Gasteiger partial charge in [-0.1, -0.05) is 23.4 Å². The number of thioether (sulfide) groups is 1. The van der Waals surface area contributed by atoms with Crippen LogP contribution < -0.4 is 0 Å². The standard InChI is InChI=1S/C20H17ClF3N3O4S/c21-10-3-11(5-25-4-10)32-20-19(30)17(18(29)15(7-28)31-20)27-6-14(26-8-27)9-1-12(22)16(24)13(23)2-9/h1-6,8,15,17-20,28-30H,7H2/t15-,17+,18+,19-,20-/m1/s1. The van der Waals surface area contributed by atoms with Crippen LogP contribution >= 0.6 is 23.4 Å². The molecule has 1 aliphatic rings. The molecular weight excluding hydrogens is 471 g/mol. The van der Waals surface area contributed by atoms with Gasteiger partial charge in [-0.05, 0) is 18.2 Å². The summed E-state index contributed by atoms with van der Waals surface area (Å²) in [4.78, 5) is 8.63. The van der Waals surface area contributed by atoms with Crippen LogP contribution in [0, 0.1) is 17.5 Å². The van der Waals surface area contributed by atoms with Gasteiger partial charge in [0.1, 0.15) is 23.7 Å². The number of pyridine rings is 1. The molecule has 0 amide bonds. The number of hydrogen-bond donors (Lipinski definition) is 3. The van der Waals surface area contributed by atoms with E-state index in [1.807, 2.05) is 0 Å². The summed E-state index contributed by atoms with van der Waals surface area (Å²) in [7, 11) is 0. The van der Waals surface area contributed by atoms with Gasteiger partial charge in [-0.15, -0.1) is 0 Å². The summed E-state index contributed by atoms with van der Waals surface area (Å²) in [5.74, 6) is -4.33. The van der Waals surface area contributed by atoms with Crippen molar-refractivity contribution in [2.45, 2.75) is 34.7 Å². The molecule has 0 unspecified atom stereocenters. The third kappa shape index (κ3) is 4.49. The highest BCUT2D eigenvalue weighted by atomic mass is 35.5. The zero-order chi connectivity index (χ0) is 23.0. The second-order valence-corrected chi connectivity index (χ2v) is 8.72. The number of aromatic nitrogens is 3. The van der Waals surface area contributed by atoms with Gasteiger partial charge in [-0.3, -0.25) is 4.98 Å². The maximum absolute atomic E-state index is 13.6. The van der Waals surface area contributed by atoms with Gasteiger partial charge < -0.3 is 24.6 Å². The average molecular weight is 488 g/mol. The Morgan fingerprint density at radius 3 is 2.47 bits per heavy atom. The molecule has 12 heteroatoms. The van der Waals surface area contributed by atoms with Crippen LogP contribution in [0.2, 0.25) is 5.02 Å². The van der Waals surface area contributed by atoms with Crippen molar-refractivity contribution in [3.63, 3.8) is 0 Å². The molecule has 1 saturated heterocycles. The molecule has 0 spiro atoms. The molecule has 1 aliphatic heterocycles. The van der Waals surface area contributed by atoms with Crippen LogP contribution in [0.1, 0.15) is 6.04 Å². The second kappa shape index (κ2) is 9.38. The Kier molecular flexibility index (Phi) is 6.75. The highest BCUT2D eigenvalue weighted by Crippen LogP contribution is 2.39. The Morgan fingerprint density at radius 1 is 1.09 bits per heavy atom. The van der Waals surface area contributed by atoms with Crippen molar-refractivity contribution in [2.24, 2.45) is 0 Å². The number of halogens is 4. The second-order valence-electron chi connectivity index (χ2n) is 7.11. The third-order valence-electron chi connectivity index (χ3n) is 5.01. The van der Waals surface area contributed by atoms with Crippen LogP contribution in [0.25, 0.3) is 11.3 Å². The molecule has 3 aromatic rings. The monoisotopic (exact) mass is 487 g/mol. The zero-order valence-electron chi connectivity index (χ0n) is 16.1. The van der Waals surface area contributed by atoms with E-state index in [0.29, 0.717) is 9.92 Å². The van der Waals surface area contributed by atoms with Crippen LogP contribution in [0.15, 0.2) is 48.0 Å². The molecule has 3 heterocycles. The number of benzene rings is 1. The van der Waals surface area contributed by atoms with Gasteiger partial charge in [-0.25, -0.2) is 18.2 Å². The molecule has 32 heavy (non-hydrogen) atoms. The number of hydrogen-bond acceptors (Lipinski definition) is 7. The fraction of sp³-hybridized carbons (Fsp3) is 0.300. The van der Waals surface area contributed by atoms with Crippen LogP contribution in [-0.4, -0.2) is 60.2 Å². The molecule has 4 rings (SSSR count). The number of nitrogens with zero attached hydrogens (tertiary/aromatic N) is 3. The fourth-order valence-electron chi connectivity index (χ4n) is 3.46. The zero-order valence-corrected chi connectivity index (χ0v) is 17.7. The summed E-state index contributed by atoms with van der Waals surface area (Å²) in [6.45, 7) is -0.523. The topological polar surface area (TPSA) is 101 Å². The number of aliphatic hydroxyl groups excluding tert-OH is 3. The predicted octanol–water partition coefficient (Wildman–Crippen LogP) is 2.79. The maximum Gasteiger partial charge on any atom is 0.194 e. The highest BCUT2D eigenvalue weighted by molar-refractivity contribution is 7.99. The molecule has 2 aromatic heterocycles. The van der Waals surface area contributed by atoms with Gasteiger partial charge in [0.25, 0.3) is 0 Å². The first kappa shape index (κ1) is 23.0. The van der Waals surface area contributed by atoms with Gasteiger partial charge >= 0.3 is 0 Å². The summed E-state index contributed by atoms with van der Waals surface area (Å²) in [5.41, 5.74) is -0.837. The molecule has 3 N–H and O–H groups in total. The summed E-state index contributed by atoms with van der Waals surface area (Å²) in [6.07, 6.45) is 1.95. The summed E-state index contributed by atoms with van der Waals surface area (Å²) in [5, 5.41) is 31.7. The van der Waals surface area contributed by atoms with E-state index in [1.54, 1.807) is 6.07 Å². The predicted molar refractivity (Wildman–Crippen MR) is 109 cm³/mol. The SMILES string of the molecule is OC[C@H]1O[C@H](Sc2cncc(Cl)c2)[C@H](O)[C@@H](n2cnc(-c3cc(F)c(F)c(F)c3)c2)[C@H]1O. The molecular formula is C20H17ClF3N3O4S. The van der Waals surface area contributed by atoms with E-state index in [4.69, 9.17) is 16.3 Å². The summed E-state index contributed by atoms with van der Waals surface area (Å²) < 4.78 is 47.5. The van der Waals surface area contributed by atoms with Gasteiger partial charge in [0.2, 0.25) is 0 Å². The molecule has 1 fully saturated rings. The first-order valence-corrected chi connectivity index (χ1v) is 10.6. The quantitative estimate of drug-likeness (QED) is 0.476. The lowest BCUT2D eigenvalue weighted by atomic mass is 9.97. The lowest BCUT2D eigenvalue weighted by Crippen LogP contribution is -2.54. The van der Waals surface area contributed by atoms with Gasteiger partial charge in [0.15, 0.2) is 17.5 Å². The van der Waals surface area contributed by atoms with Gasteiger partial charge in [0.05, 0.1) is 29.7 Å². The fourth-order valence-corrected chi connectivity index (χ4v) is 4.78. The lowest BCUT2D eigenvalue weighted by molar-refractivity contribution is -0.176. The van der Waals surface area contributed by atoms with Crippen molar-refractivity contribution in [1.82, 2.24) is 14.5 Å². The van der Waals surface area contributed by atoms with Crippen molar-refractivity contribution < 1.29 is 33.2 Å². The Hall–Kier alpha value is -2.15. The minimum absolute atomic E-state index is 0.0224.